The molecule has 322 valence electrons. The molecule has 11 heteroatoms. The number of benzene rings is 4. The third-order valence-electron chi connectivity index (χ3n) is 10.5. The van der Waals surface area contributed by atoms with Gasteiger partial charge < -0.3 is 14.8 Å². The van der Waals surface area contributed by atoms with Crippen molar-refractivity contribution in [2.75, 3.05) is 18.2 Å². The molecule has 58 heavy (non-hydrogen) atoms. The van der Waals surface area contributed by atoms with Crippen molar-refractivity contribution in [2.45, 2.75) is 135 Å². The Bertz CT molecular complexity index is 1950. The third kappa shape index (κ3) is 17.7. The van der Waals surface area contributed by atoms with Crippen LogP contribution in [0.15, 0.2) is 84.9 Å². The van der Waals surface area contributed by atoms with Crippen molar-refractivity contribution in [3.05, 3.63) is 108 Å². The van der Waals surface area contributed by atoms with Crippen LogP contribution in [-0.2, 0) is 40.7 Å². The summed E-state index contributed by atoms with van der Waals surface area (Å²) in [5.41, 5.74) is 18.4. The second kappa shape index (κ2) is 24.8. The second-order valence-electron chi connectivity index (χ2n) is 16.3. The first-order valence-electron chi connectivity index (χ1n) is 20.4. The molecule has 0 spiro atoms. The van der Waals surface area contributed by atoms with Crippen LogP contribution in [0.5, 0.6) is 0 Å². The van der Waals surface area contributed by atoms with Gasteiger partial charge in [-0.15, -0.1) is 35.9 Å². The van der Waals surface area contributed by atoms with Gasteiger partial charge in [0, 0.05) is 12.5 Å². The molecule has 0 radical (unpaired) electrons. The van der Waals surface area contributed by atoms with Gasteiger partial charge in [0.25, 0.3) is 0 Å². The predicted octanol–water partition coefficient (Wildman–Crippen LogP) is 11.6. The molecule has 4 aromatic carbocycles. The minimum atomic E-state index is -3.92. The van der Waals surface area contributed by atoms with Crippen molar-refractivity contribution in [2.24, 2.45) is 0 Å². The van der Waals surface area contributed by atoms with Crippen LogP contribution < -0.4 is 11.0 Å². The fourth-order valence-electron chi connectivity index (χ4n) is 7.89. The van der Waals surface area contributed by atoms with E-state index >= 15 is 0 Å². The van der Waals surface area contributed by atoms with E-state index in [1.807, 2.05) is 48.5 Å². The van der Waals surface area contributed by atoms with E-state index in [1.54, 1.807) is 27.6 Å². The number of nitrogens with two attached hydrogens (primary N) is 1. The molecule has 2 saturated carbocycles. The average Bonchev–Trinajstić information content (AvgIpc) is 3.15. The number of hydrogen-bond acceptors (Lipinski definition) is 7. The van der Waals surface area contributed by atoms with Crippen molar-refractivity contribution >= 4 is 39.1 Å². The molecule has 4 aromatic rings. The van der Waals surface area contributed by atoms with Crippen LogP contribution in [-0.4, -0.2) is 49.8 Å². The van der Waals surface area contributed by atoms with Gasteiger partial charge in [-0.3, -0.25) is 0 Å². The van der Waals surface area contributed by atoms with Crippen molar-refractivity contribution < 1.29 is 46.4 Å². The van der Waals surface area contributed by atoms with Gasteiger partial charge in [-0.25, -0.2) is 16.8 Å². The van der Waals surface area contributed by atoms with Crippen LogP contribution in [0.25, 0.3) is 22.3 Å². The van der Waals surface area contributed by atoms with Crippen LogP contribution in [0.2, 0.25) is 0 Å². The molecule has 2 aliphatic carbocycles. The molecule has 0 aliphatic heterocycles. The van der Waals surface area contributed by atoms with Crippen molar-refractivity contribution in [3.8, 4) is 22.3 Å². The van der Waals surface area contributed by atoms with Crippen LogP contribution in [0.4, 0.5) is 5.69 Å². The summed E-state index contributed by atoms with van der Waals surface area (Å²) in [6.07, 6.45) is 15.8. The van der Waals surface area contributed by atoms with E-state index in [2.05, 4.69) is 84.0 Å². The number of anilines is 1. The predicted molar refractivity (Wildman–Crippen MR) is 241 cm³/mol. The van der Waals surface area contributed by atoms with Crippen molar-refractivity contribution in [3.63, 3.8) is 0 Å². The van der Waals surface area contributed by atoms with Gasteiger partial charge in [0.1, 0.15) is 0 Å². The first-order chi connectivity index (χ1) is 26.8. The summed E-state index contributed by atoms with van der Waals surface area (Å²) in [6.45, 7) is 14.3. The van der Waals surface area contributed by atoms with E-state index in [0.29, 0.717) is 30.3 Å². The zero-order valence-corrected chi connectivity index (χ0v) is 39.7. The van der Waals surface area contributed by atoms with Gasteiger partial charge in [0.05, 0.1) is 20.2 Å². The molecular formula is C47H65NO6PPdS2-. The molecule has 2 N–H and O–H groups in total. The number of para-hydroxylation sites is 1. The normalized spacial score (nSPS) is 15.1. The van der Waals surface area contributed by atoms with Crippen LogP contribution in [0.3, 0.4) is 0 Å². The summed E-state index contributed by atoms with van der Waals surface area (Å²) in [5, 5.41) is 1.75. The van der Waals surface area contributed by atoms with Gasteiger partial charge in [-0.2, -0.15) is 0 Å². The molecule has 0 unspecified atom stereocenters. The van der Waals surface area contributed by atoms with E-state index in [9.17, 15) is 0 Å². The molecule has 2 aliphatic rings. The molecule has 2 fully saturated rings. The van der Waals surface area contributed by atoms with Gasteiger partial charge in [-0.05, 0) is 99.6 Å². The van der Waals surface area contributed by atoms with Crippen LogP contribution >= 0.6 is 7.92 Å². The van der Waals surface area contributed by atoms with Crippen molar-refractivity contribution in [1.82, 2.24) is 0 Å². The van der Waals surface area contributed by atoms with Gasteiger partial charge in [0.2, 0.25) is 0 Å². The molecule has 7 nitrogen and oxygen atoms in total. The second-order valence-corrected chi connectivity index (χ2v) is 21.9. The third-order valence-corrected chi connectivity index (χ3v) is 14.0. The Labute approximate surface area is 366 Å². The van der Waals surface area contributed by atoms with Gasteiger partial charge in [0.15, 0.2) is 0 Å². The standard InChI is InChI=1S/C33H49P.C12H10N.2CH4O3S.Pd/c1-23(2)26-21-30(24(3)4)33(31(22-26)25(5)6)29-19-13-14-20-32(29)34(27-15-9-7-10-16-27)28-17-11-8-12-18-28;13-12-9-5-4-8-11(12)10-6-2-1-3-7-10;2*1-5(2,3)4;/h13-14,19-25,27-28H,7-12,15-18H2,1-6H3;1-6,8-9H,13H2;2*1H3,(H,2,3,4);/q;-1;;;+2/p-2. The quantitative estimate of drug-likeness (QED) is 0.0610. The number of rotatable bonds is 8. The summed E-state index contributed by atoms with van der Waals surface area (Å²) in [7, 11) is -7.95. The SMILES string of the molecule is CC(C)c1cc(C(C)C)c(-c2ccccc2P(C2CCCCC2)C2CCCCC2)c(C(C)C)c1.CS(=O)(=O)[O-].CS(=O)(=O)[O-].Nc1ccccc1-c1[c-]cccc1.[Pd+2]. The molecule has 6 rings (SSSR count). The smallest absolute Gasteiger partial charge is 0.748 e. The summed E-state index contributed by atoms with van der Waals surface area (Å²) < 4.78 is 54.5. The summed E-state index contributed by atoms with van der Waals surface area (Å²) in [6, 6.07) is 33.6. The minimum Gasteiger partial charge on any atom is -0.748 e. The maximum absolute atomic E-state index is 9.08. The Balaban J connectivity index is 0.000000394. The van der Waals surface area contributed by atoms with E-state index < -0.39 is 20.2 Å². The Morgan fingerprint density at radius 3 is 1.43 bits per heavy atom. The van der Waals surface area contributed by atoms with Crippen LogP contribution in [0.1, 0.15) is 140 Å². The van der Waals surface area contributed by atoms with E-state index in [1.165, 1.54) is 69.8 Å². The van der Waals surface area contributed by atoms with Gasteiger partial charge in [-0.1, -0.05) is 148 Å². The Morgan fingerprint density at radius 1 is 0.621 bits per heavy atom. The van der Waals surface area contributed by atoms with Gasteiger partial charge >= 0.3 is 20.4 Å². The molecular weight excluding hydrogens is 876 g/mol. The Kier molecular flexibility index (Phi) is 22.1. The average molecular weight is 942 g/mol. The number of hydrogen-bond donors (Lipinski definition) is 1. The molecule has 0 saturated heterocycles. The molecule has 0 atom stereocenters. The topological polar surface area (TPSA) is 140 Å². The van der Waals surface area contributed by atoms with Crippen LogP contribution in [0, 0.1) is 6.07 Å². The first-order valence-corrected chi connectivity index (χ1v) is 25.6. The zero-order chi connectivity index (χ0) is 42.3. The fraction of sp³-hybridized carbons (Fsp3) is 0.489. The zero-order valence-electron chi connectivity index (χ0n) is 35.6. The minimum absolute atomic E-state index is 0. The first kappa shape index (κ1) is 51.7. The van der Waals surface area contributed by atoms with E-state index in [-0.39, 0.29) is 28.3 Å². The number of nitrogen functional groups attached to an aromatic ring is 1. The largest absolute Gasteiger partial charge is 2.00 e. The summed E-state index contributed by atoms with van der Waals surface area (Å²) in [5.74, 6) is 1.64. The summed E-state index contributed by atoms with van der Waals surface area (Å²) >= 11 is 0. The molecule has 0 aromatic heterocycles. The fourth-order valence-corrected chi connectivity index (χ4v) is 11.8. The molecule has 0 heterocycles. The maximum Gasteiger partial charge on any atom is 2.00 e. The summed E-state index contributed by atoms with van der Waals surface area (Å²) in [4.78, 5) is 0. The van der Waals surface area contributed by atoms with E-state index in [0.717, 1.165) is 28.1 Å². The maximum atomic E-state index is 9.08. The monoisotopic (exact) mass is 940 g/mol. The van der Waals surface area contributed by atoms with E-state index in [4.69, 9.17) is 31.7 Å². The molecule has 0 amide bonds. The van der Waals surface area contributed by atoms with Crippen molar-refractivity contribution in [1.29, 1.82) is 0 Å². The Morgan fingerprint density at radius 2 is 1.03 bits per heavy atom. The Hall–Kier alpha value is -2.41. The molecule has 0 bridgehead atoms.